The molecule has 0 saturated heterocycles. The van der Waals surface area contributed by atoms with E-state index in [2.05, 4.69) is 28.8 Å². The van der Waals surface area contributed by atoms with Crippen molar-refractivity contribution in [3.05, 3.63) is 236 Å². The molecule has 0 bridgehead atoms. The molecule has 111 heavy (non-hydrogen) atoms. The van der Waals surface area contributed by atoms with Gasteiger partial charge in [0.05, 0.1) is 22.3 Å². The average molecular weight is 1500 g/mol. The molecule has 12 heterocycles. The van der Waals surface area contributed by atoms with Crippen molar-refractivity contribution >= 4 is 88.3 Å². The molecule has 0 saturated carbocycles. The minimum absolute atomic E-state index is 0.286. The largest absolute Gasteiger partial charge is 0.437 e. The van der Waals surface area contributed by atoms with Gasteiger partial charge in [0.1, 0.15) is 28.2 Å². The number of nitrogens with zero attached hydrogens (tertiary/aromatic N) is 8. The van der Waals surface area contributed by atoms with Crippen molar-refractivity contribution in [2.45, 2.75) is 207 Å². The highest BCUT2D eigenvalue weighted by Gasteiger charge is 2.29. The van der Waals surface area contributed by atoms with Crippen LogP contribution in [-0.4, -0.2) is 19.9 Å². The summed E-state index contributed by atoms with van der Waals surface area (Å²) in [7, 11) is 7.33. The minimum Gasteiger partial charge on any atom is -0.437 e. The fourth-order valence-corrected chi connectivity index (χ4v) is 14.8. The van der Waals surface area contributed by atoms with Crippen LogP contribution >= 0.6 is 0 Å². The predicted molar refractivity (Wildman–Crippen MR) is 458 cm³/mol. The summed E-state index contributed by atoms with van der Waals surface area (Å²) in [4.78, 5) is 18.3. The Morgan fingerprint density at radius 3 is 0.775 bits per heavy atom. The summed E-state index contributed by atoms with van der Waals surface area (Å²) in [5, 5.41) is 7.00. The highest BCUT2D eigenvalue weighted by molar-refractivity contribution is 6.12. The molecule has 12 nitrogen and oxygen atoms in total. The molecule has 0 N–H and O–H groups in total. The maximum Gasteiger partial charge on any atom is 0.227 e. The summed E-state index contributed by atoms with van der Waals surface area (Å²) in [6, 6.07) is 38.0. The van der Waals surface area contributed by atoms with E-state index in [9.17, 15) is 0 Å². The van der Waals surface area contributed by atoms with Crippen molar-refractivity contribution in [1.82, 2.24) is 19.9 Å². The van der Waals surface area contributed by atoms with Gasteiger partial charge in [-0.3, -0.25) is 0 Å². The summed E-state index contributed by atoms with van der Waals surface area (Å²) in [6.45, 7) is 32.2. The van der Waals surface area contributed by atoms with Gasteiger partial charge >= 0.3 is 0 Å². The second-order valence-corrected chi connectivity index (χ2v) is 29.0. The van der Waals surface area contributed by atoms with Gasteiger partial charge in [0.25, 0.3) is 0 Å². The topological polar surface area (TPSA) is 120 Å². The fraction of sp³-hybridized carbons (Fsp3) is 0.354. The summed E-state index contributed by atoms with van der Waals surface area (Å²) in [5.41, 5.74) is 19.4. The van der Waals surface area contributed by atoms with E-state index in [1.165, 1.54) is 62.3 Å². The van der Waals surface area contributed by atoms with E-state index in [-0.39, 0.29) is 17.2 Å². The molecule has 0 radical (unpaired) electrons. The molecular formula is C99H114N8O4+4. The van der Waals surface area contributed by atoms with Crippen molar-refractivity contribution in [1.29, 1.82) is 0 Å². The van der Waals surface area contributed by atoms with E-state index in [1.54, 1.807) is 87.4 Å². The summed E-state index contributed by atoms with van der Waals surface area (Å²) in [6.07, 6.45) is -8.60. The van der Waals surface area contributed by atoms with Crippen LogP contribution in [-0.2, 0) is 85.5 Å². The van der Waals surface area contributed by atoms with E-state index < -0.39 is 69.1 Å². The minimum atomic E-state index is -1.75. The maximum absolute atomic E-state index is 8.35. The zero-order valence-corrected chi connectivity index (χ0v) is 68.1. The van der Waals surface area contributed by atoms with Crippen LogP contribution in [0.5, 0.6) is 0 Å². The monoisotopic (exact) mass is 1500 g/mol. The first-order valence-electron chi connectivity index (χ1n) is 47.6. The first kappa shape index (κ1) is 56.5. The highest BCUT2D eigenvalue weighted by Crippen LogP contribution is 2.43. The van der Waals surface area contributed by atoms with Gasteiger partial charge in [-0.15, -0.1) is 0 Å². The highest BCUT2D eigenvalue weighted by atomic mass is 16.4. The molecule has 0 spiro atoms. The Kier molecular flexibility index (Phi) is 16.6. The van der Waals surface area contributed by atoms with Crippen LogP contribution in [0.15, 0.2) is 164 Å². The summed E-state index contributed by atoms with van der Waals surface area (Å²) in [5.74, 6) is -1.42. The fourth-order valence-electron chi connectivity index (χ4n) is 14.8. The lowest BCUT2D eigenvalue weighted by atomic mass is 9.97. The normalized spacial score (nSPS) is 15.8. The number of fused-ring (bicyclic) bond motifs is 12. The molecule has 16 rings (SSSR count). The maximum atomic E-state index is 8.35. The van der Waals surface area contributed by atoms with E-state index in [0.29, 0.717) is 101 Å². The van der Waals surface area contributed by atoms with Crippen molar-refractivity contribution in [3.8, 4) is 45.0 Å². The van der Waals surface area contributed by atoms with Gasteiger partial charge in [-0.05, 0) is 196 Å². The van der Waals surface area contributed by atoms with Gasteiger partial charge < -0.3 is 17.7 Å². The number of furan rings is 4. The van der Waals surface area contributed by atoms with Gasteiger partial charge in [-0.2, -0.15) is 0 Å². The van der Waals surface area contributed by atoms with Crippen molar-refractivity contribution in [2.24, 2.45) is 28.2 Å². The Labute approximate surface area is 684 Å². The van der Waals surface area contributed by atoms with Gasteiger partial charge in [0.15, 0.2) is 47.1 Å². The molecule has 0 atom stereocenters. The molecule has 0 amide bonds. The van der Waals surface area contributed by atoms with Crippen LogP contribution in [0.4, 0.5) is 0 Å². The van der Waals surface area contributed by atoms with Crippen molar-refractivity contribution < 1.29 is 63.4 Å². The first-order valence-corrected chi connectivity index (χ1v) is 37.6. The number of aryl methyl sites for hydroxylation is 17. The van der Waals surface area contributed by atoms with Crippen LogP contribution in [0.1, 0.15) is 239 Å². The van der Waals surface area contributed by atoms with Crippen LogP contribution in [0, 0.1) is 27.7 Å². The van der Waals surface area contributed by atoms with Gasteiger partial charge in [-0.25, -0.2) is 38.2 Å². The van der Waals surface area contributed by atoms with E-state index in [0.717, 1.165) is 110 Å². The third-order valence-electron chi connectivity index (χ3n) is 21.0. The van der Waals surface area contributed by atoms with Gasteiger partial charge in [-0.1, -0.05) is 152 Å². The van der Waals surface area contributed by atoms with Crippen molar-refractivity contribution in [2.75, 3.05) is 0 Å². The Morgan fingerprint density at radius 2 is 0.532 bits per heavy atom. The number of hydrogen-bond donors (Lipinski definition) is 0. The quantitative estimate of drug-likeness (QED) is 0.0878. The SMILES string of the molecule is [2H]C([2H])(C)c1cc(-c2c(C)ccc3c2oc2nc(C(C)C)ccc23)[n+](C)cc1C([2H])([2H])C.[2H]C([2H])(C)c1cc(-c2c(C)ccc3c2oc2nc(C([2H])(C)C)ccc23)[n+](C)cc1C([2H])([2H])C.[2H]C([2H])(C)c1cc(-c2c(C)ccc3c2oc2nc(C([2H])(C)C)ccc23)[n+](C)cc1C([2H])([2H])C.[2H]C([2H])(C)c1ccc2c(n1)oc1c(-c3cc(C([2H])([2H])C)c(C([2H])([2H])C)c[n+]3C)c(C)ccc12. The Balaban J connectivity index is 0.000000149. The van der Waals surface area contributed by atoms with Gasteiger partial charge in [0.2, 0.25) is 45.6 Å². The van der Waals surface area contributed by atoms with Crippen LogP contribution in [0.3, 0.4) is 0 Å². The molecule has 0 aliphatic rings. The lowest BCUT2D eigenvalue weighted by Gasteiger charge is -2.10. The molecule has 4 aromatic carbocycles. The molecule has 0 unspecified atom stereocenters. The molecular weight excluding hydrogens is 1370 g/mol. The van der Waals surface area contributed by atoms with Crippen LogP contribution in [0.25, 0.3) is 133 Å². The summed E-state index contributed by atoms with van der Waals surface area (Å²) < 4.78 is 197. The smallest absolute Gasteiger partial charge is 0.227 e. The molecule has 12 heteroatoms. The third-order valence-corrected chi connectivity index (χ3v) is 21.0. The third kappa shape index (κ3) is 14.9. The second-order valence-electron chi connectivity index (χ2n) is 29.0. The Bertz CT molecular complexity index is 6710. The molecule has 0 fully saturated rings. The Hall–Kier alpha value is -10.7. The zero-order valence-electron chi connectivity index (χ0n) is 88.1. The zero-order chi connectivity index (χ0) is 97.1. The van der Waals surface area contributed by atoms with E-state index in [4.69, 9.17) is 50.1 Å². The molecule has 0 aliphatic heterocycles. The molecule has 16 aromatic rings. The Morgan fingerprint density at radius 1 is 0.297 bits per heavy atom. The predicted octanol–water partition coefficient (Wildman–Crippen LogP) is 23.6. The molecule has 12 aromatic heterocycles. The first-order chi connectivity index (χ1) is 60.0. The van der Waals surface area contributed by atoms with E-state index >= 15 is 0 Å². The lowest BCUT2D eigenvalue weighted by Crippen LogP contribution is -2.32. The lowest BCUT2D eigenvalue weighted by molar-refractivity contribution is -0.661. The molecule has 570 valence electrons. The van der Waals surface area contributed by atoms with Gasteiger partial charge in [0, 0.05) is 140 Å². The van der Waals surface area contributed by atoms with E-state index in [1.807, 2.05) is 161 Å². The standard InChI is InChI=1S/3C25H29N2O.C24H27N2O/c3*1-7-17-13-22(27(6)14-18(17)8-2)23-16(5)9-10-19-20-11-12-21(15(3)4)26-25(20)28-24(19)23;1-6-16-13-21(26(5)14-17(16)7-2)22-15(4)9-11-19-20-12-10-18(8-3)25-24(20)27-23(19)22/h3*9-15H,7-8H2,1-6H3;9-14H,6-8H2,1-5H3/q4*+1/i2*7D2,8D2,15D;7D2,8D2;6D2,7D2,8D2. The number of hydrogen-bond acceptors (Lipinski definition) is 8. The molecule has 0 aliphatic carbocycles. The second kappa shape index (κ2) is 32.7. The summed E-state index contributed by atoms with van der Waals surface area (Å²) >= 11 is 0. The average Bonchev–Trinajstić information content (AvgIpc) is 1.62. The number of benzene rings is 4. The van der Waals surface area contributed by atoms with Crippen LogP contribution in [0.2, 0.25) is 0 Å². The van der Waals surface area contributed by atoms with Crippen LogP contribution < -0.4 is 18.3 Å². The number of aromatic nitrogens is 8. The number of rotatable bonds is 16. The number of pyridine rings is 8. The van der Waals surface area contributed by atoms with Crippen molar-refractivity contribution in [3.63, 3.8) is 0 Å².